The summed E-state index contributed by atoms with van der Waals surface area (Å²) in [6, 6.07) is 5.49. The molecule has 0 aliphatic rings. The average Bonchev–Trinajstić information content (AvgIpc) is 2.76. The van der Waals surface area contributed by atoms with E-state index < -0.39 is 20.6 Å². The zero-order chi connectivity index (χ0) is 15.8. The van der Waals surface area contributed by atoms with Crippen molar-refractivity contribution >= 4 is 71.9 Å². The highest BCUT2D eigenvalue weighted by molar-refractivity contribution is 9.10. The number of benzene rings is 1. The monoisotopic (exact) mass is 430 g/mol. The molecule has 11 heteroatoms. The highest BCUT2D eigenvalue weighted by Crippen LogP contribution is 2.37. The number of hydrogen-bond acceptors (Lipinski definition) is 5. The first kappa shape index (κ1) is 16.5. The van der Waals surface area contributed by atoms with Gasteiger partial charge >= 0.3 is 0 Å². The van der Waals surface area contributed by atoms with Gasteiger partial charge in [0.1, 0.15) is 4.21 Å². The van der Waals surface area contributed by atoms with Gasteiger partial charge in [-0.3, -0.25) is 14.8 Å². The summed E-state index contributed by atoms with van der Waals surface area (Å²) >= 11 is 15.4. The Morgan fingerprint density at radius 3 is 2.48 bits per heavy atom. The lowest BCUT2D eigenvalue weighted by molar-refractivity contribution is -0.384. The van der Waals surface area contributed by atoms with E-state index in [4.69, 9.17) is 23.2 Å². The fourth-order valence-corrected chi connectivity index (χ4v) is 4.88. The first-order chi connectivity index (χ1) is 9.70. The molecule has 6 nitrogen and oxygen atoms in total. The number of nitrogens with zero attached hydrogens (tertiary/aromatic N) is 1. The Balaban J connectivity index is 2.38. The summed E-state index contributed by atoms with van der Waals surface area (Å²) in [6.45, 7) is 0. The van der Waals surface area contributed by atoms with Crippen LogP contribution >= 0.6 is 50.5 Å². The number of halogens is 3. The third-order valence-electron chi connectivity index (χ3n) is 2.28. The molecule has 0 amide bonds. The number of hydrogen-bond donors (Lipinski definition) is 1. The molecule has 1 aromatic heterocycles. The van der Waals surface area contributed by atoms with Crippen LogP contribution in [0, 0.1) is 10.1 Å². The van der Waals surface area contributed by atoms with Crippen molar-refractivity contribution in [1.82, 2.24) is 0 Å². The lowest BCUT2D eigenvalue weighted by Gasteiger charge is -2.07. The minimum absolute atomic E-state index is 0.159. The molecule has 0 fully saturated rings. The smallest absolute Gasteiger partial charge is 0.277 e. The standard InChI is InChI=1S/C10H5BrCl2N2O4S2/c11-5-1-2-7(6(12)3-5)14-21(18,19)9-4-8(15(16)17)10(13)20-9/h1-4,14H. The third kappa shape index (κ3) is 3.67. The SMILES string of the molecule is O=[N+]([O-])c1cc(S(=O)(=O)Nc2ccc(Br)cc2Cl)sc1Cl. The van der Waals surface area contributed by atoms with Crippen molar-refractivity contribution in [2.75, 3.05) is 4.72 Å². The van der Waals surface area contributed by atoms with E-state index in [9.17, 15) is 18.5 Å². The Kier molecular flexibility index (Phi) is 4.79. The molecule has 0 aliphatic heterocycles. The Morgan fingerprint density at radius 2 is 1.95 bits per heavy atom. The summed E-state index contributed by atoms with van der Waals surface area (Å²) in [7, 11) is -4.00. The molecule has 0 saturated carbocycles. The van der Waals surface area contributed by atoms with Crippen LogP contribution in [0.25, 0.3) is 0 Å². The predicted octanol–water partition coefficient (Wildman–Crippen LogP) is 4.53. The average molecular weight is 432 g/mol. The lowest BCUT2D eigenvalue weighted by Crippen LogP contribution is -2.11. The Morgan fingerprint density at radius 1 is 1.29 bits per heavy atom. The quantitative estimate of drug-likeness (QED) is 0.568. The van der Waals surface area contributed by atoms with Crippen molar-refractivity contribution in [2.45, 2.75) is 4.21 Å². The van der Waals surface area contributed by atoms with Gasteiger partial charge in [0.05, 0.1) is 15.6 Å². The molecule has 1 aromatic carbocycles. The van der Waals surface area contributed by atoms with Crippen LogP contribution in [0.3, 0.4) is 0 Å². The molecule has 0 saturated heterocycles. The molecule has 21 heavy (non-hydrogen) atoms. The van der Waals surface area contributed by atoms with Gasteiger partial charge < -0.3 is 0 Å². The number of nitro groups is 1. The summed E-state index contributed by atoms with van der Waals surface area (Å²) in [5.74, 6) is 0. The van der Waals surface area contributed by atoms with Gasteiger partial charge in [0, 0.05) is 10.5 Å². The molecule has 0 unspecified atom stereocenters. The third-order valence-corrected chi connectivity index (χ3v) is 6.27. The van der Waals surface area contributed by atoms with Crippen LogP contribution in [0.15, 0.2) is 32.9 Å². The van der Waals surface area contributed by atoms with Crippen LogP contribution < -0.4 is 4.72 Å². The fraction of sp³-hybridized carbons (Fsp3) is 0. The van der Waals surface area contributed by atoms with E-state index in [1.54, 1.807) is 6.07 Å². The van der Waals surface area contributed by atoms with E-state index in [0.29, 0.717) is 15.8 Å². The first-order valence-corrected chi connectivity index (χ1v) is 8.97. The van der Waals surface area contributed by atoms with Gasteiger partial charge in [0.25, 0.3) is 15.7 Å². The molecular formula is C10H5BrCl2N2O4S2. The van der Waals surface area contributed by atoms with Crippen molar-refractivity contribution in [3.05, 3.63) is 48.2 Å². The van der Waals surface area contributed by atoms with E-state index in [0.717, 1.165) is 6.07 Å². The number of sulfonamides is 1. The van der Waals surface area contributed by atoms with Crippen LogP contribution in [0.4, 0.5) is 11.4 Å². The Hall–Kier alpha value is -0.870. The topological polar surface area (TPSA) is 89.3 Å². The Labute approximate surface area is 142 Å². The van der Waals surface area contributed by atoms with Crippen molar-refractivity contribution in [3.63, 3.8) is 0 Å². The van der Waals surface area contributed by atoms with E-state index in [1.807, 2.05) is 0 Å². The minimum atomic E-state index is -4.00. The maximum Gasteiger partial charge on any atom is 0.300 e. The zero-order valence-corrected chi connectivity index (χ0v) is 14.6. The van der Waals surface area contributed by atoms with Crippen molar-refractivity contribution in [2.24, 2.45) is 0 Å². The minimum Gasteiger partial charge on any atom is -0.277 e. The second-order valence-electron chi connectivity index (χ2n) is 3.71. The second-order valence-corrected chi connectivity index (χ2v) is 8.60. The first-order valence-electron chi connectivity index (χ1n) is 5.12. The van der Waals surface area contributed by atoms with Crippen LogP contribution in [0.5, 0.6) is 0 Å². The van der Waals surface area contributed by atoms with Crippen molar-refractivity contribution < 1.29 is 13.3 Å². The van der Waals surface area contributed by atoms with Gasteiger partial charge in [-0.15, -0.1) is 11.3 Å². The van der Waals surface area contributed by atoms with Crippen molar-refractivity contribution in [1.29, 1.82) is 0 Å². The fourth-order valence-electron chi connectivity index (χ4n) is 1.36. The molecular weight excluding hydrogens is 427 g/mol. The van der Waals surface area contributed by atoms with E-state index in [2.05, 4.69) is 20.7 Å². The van der Waals surface area contributed by atoms with E-state index in [1.165, 1.54) is 12.1 Å². The molecule has 0 spiro atoms. The van der Waals surface area contributed by atoms with Crippen LogP contribution in [-0.4, -0.2) is 13.3 Å². The van der Waals surface area contributed by atoms with E-state index >= 15 is 0 Å². The largest absolute Gasteiger partial charge is 0.300 e. The van der Waals surface area contributed by atoms with Crippen molar-refractivity contribution in [3.8, 4) is 0 Å². The highest BCUT2D eigenvalue weighted by Gasteiger charge is 2.25. The molecule has 0 radical (unpaired) electrons. The molecule has 0 aliphatic carbocycles. The predicted molar refractivity (Wildman–Crippen MR) is 85.9 cm³/mol. The molecule has 2 rings (SSSR count). The van der Waals surface area contributed by atoms with Crippen LogP contribution in [-0.2, 0) is 10.0 Å². The summed E-state index contributed by atoms with van der Waals surface area (Å²) in [6.07, 6.45) is 0. The lowest BCUT2D eigenvalue weighted by atomic mass is 10.3. The zero-order valence-electron chi connectivity index (χ0n) is 9.84. The number of rotatable bonds is 4. The van der Waals surface area contributed by atoms with E-state index in [-0.39, 0.29) is 19.3 Å². The second kappa shape index (κ2) is 6.09. The van der Waals surface area contributed by atoms with Gasteiger partial charge in [0.2, 0.25) is 0 Å². The summed E-state index contributed by atoms with van der Waals surface area (Å²) in [5.41, 5.74) is -0.295. The van der Waals surface area contributed by atoms with Crippen LogP contribution in [0.1, 0.15) is 0 Å². The number of anilines is 1. The van der Waals surface area contributed by atoms with Gasteiger partial charge in [-0.2, -0.15) is 0 Å². The molecule has 1 N–H and O–H groups in total. The number of thiophene rings is 1. The summed E-state index contributed by atoms with van der Waals surface area (Å²) in [5, 5.41) is 10.9. The number of nitrogens with one attached hydrogen (secondary N) is 1. The van der Waals surface area contributed by atoms with Gasteiger partial charge in [-0.05, 0) is 18.2 Å². The molecule has 112 valence electrons. The van der Waals surface area contributed by atoms with Gasteiger partial charge in [-0.25, -0.2) is 8.42 Å². The highest BCUT2D eigenvalue weighted by atomic mass is 79.9. The Bertz CT molecular complexity index is 822. The molecule has 1 heterocycles. The maximum absolute atomic E-state index is 12.2. The molecule has 2 aromatic rings. The van der Waals surface area contributed by atoms with Crippen LogP contribution in [0.2, 0.25) is 9.36 Å². The van der Waals surface area contributed by atoms with Gasteiger partial charge in [-0.1, -0.05) is 39.1 Å². The summed E-state index contributed by atoms with van der Waals surface area (Å²) in [4.78, 5) is 9.95. The molecule has 0 bridgehead atoms. The summed E-state index contributed by atoms with van der Waals surface area (Å²) < 4.78 is 26.8. The maximum atomic E-state index is 12.2. The normalized spacial score (nSPS) is 11.4. The van der Waals surface area contributed by atoms with Gasteiger partial charge in [0.15, 0.2) is 4.34 Å². The molecule has 0 atom stereocenters.